The van der Waals surface area contributed by atoms with Crippen molar-refractivity contribution in [2.75, 3.05) is 5.73 Å². The number of hydrogen-bond donors (Lipinski definition) is 1. The molecule has 0 radical (unpaired) electrons. The Morgan fingerprint density at radius 3 is 2.72 bits per heavy atom. The Hall–Kier alpha value is -1.86. The summed E-state index contributed by atoms with van der Waals surface area (Å²) in [6.45, 7) is 0. The highest BCUT2D eigenvalue weighted by Crippen LogP contribution is 2.38. The van der Waals surface area contributed by atoms with E-state index < -0.39 is 5.92 Å². The highest BCUT2D eigenvalue weighted by Gasteiger charge is 2.36. The maximum absolute atomic E-state index is 13.1. The van der Waals surface area contributed by atoms with Gasteiger partial charge >= 0.3 is 0 Å². The highest BCUT2D eigenvalue weighted by atomic mass is 19.3. The summed E-state index contributed by atoms with van der Waals surface area (Å²) in [5, 5.41) is 7.87. The van der Waals surface area contributed by atoms with Gasteiger partial charge in [-0.25, -0.2) is 23.4 Å². The Balaban J connectivity index is 1.94. The van der Waals surface area contributed by atoms with Gasteiger partial charge in [-0.2, -0.15) is 0 Å². The average Bonchev–Trinajstić information content (AvgIpc) is 2.74. The molecule has 0 unspecified atom stereocenters. The second-order valence-corrected chi connectivity index (χ2v) is 4.55. The third-order valence-corrected chi connectivity index (χ3v) is 3.32. The van der Waals surface area contributed by atoms with Crippen LogP contribution in [-0.4, -0.2) is 30.9 Å². The molecule has 3 rings (SSSR count). The van der Waals surface area contributed by atoms with E-state index in [1.807, 2.05) is 0 Å². The second kappa shape index (κ2) is 3.82. The first-order valence-electron chi connectivity index (χ1n) is 5.76. The van der Waals surface area contributed by atoms with Crippen molar-refractivity contribution < 1.29 is 8.78 Å². The van der Waals surface area contributed by atoms with E-state index in [9.17, 15) is 8.78 Å². The summed E-state index contributed by atoms with van der Waals surface area (Å²) in [7, 11) is 0. The molecule has 2 aromatic rings. The predicted molar refractivity (Wildman–Crippen MR) is 60.0 cm³/mol. The molecule has 2 aromatic heterocycles. The SMILES string of the molecule is Nc1ncnc2c1nnn2C1CCC(F)(F)CC1. The number of alkyl halides is 2. The molecule has 0 amide bonds. The van der Waals surface area contributed by atoms with Crippen LogP contribution >= 0.6 is 0 Å². The number of nitrogens with two attached hydrogens (primary N) is 1. The van der Waals surface area contributed by atoms with Gasteiger partial charge in [0.1, 0.15) is 6.33 Å². The average molecular weight is 254 g/mol. The van der Waals surface area contributed by atoms with E-state index in [2.05, 4.69) is 20.3 Å². The molecular weight excluding hydrogens is 242 g/mol. The third kappa shape index (κ3) is 1.77. The Kier molecular flexibility index (Phi) is 2.39. The van der Waals surface area contributed by atoms with Crippen LogP contribution < -0.4 is 5.73 Å². The quantitative estimate of drug-likeness (QED) is 0.834. The highest BCUT2D eigenvalue weighted by molar-refractivity contribution is 5.80. The van der Waals surface area contributed by atoms with Gasteiger partial charge in [0.2, 0.25) is 5.92 Å². The van der Waals surface area contributed by atoms with E-state index in [0.717, 1.165) is 0 Å². The van der Waals surface area contributed by atoms with E-state index in [-0.39, 0.29) is 24.7 Å². The maximum atomic E-state index is 13.1. The van der Waals surface area contributed by atoms with Crippen LogP contribution in [0.1, 0.15) is 31.7 Å². The number of rotatable bonds is 1. The van der Waals surface area contributed by atoms with Crippen molar-refractivity contribution in [2.24, 2.45) is 0 Å². The number of nitrogen functional groups attached to an aromatic ring is 1. The zero-order valence-electron chi connectivity index (χ0n) is 9.55. The first-order valence-corrected chi connectivity index (χ1v) is 5.76. The molecule has 1 aliphatic rings. The lowest BCUT2D eigenvalue weighted by molar-refractivity contribution is -0.0448. The number of halogens is 2. The van der Waals surface area contributed by atoms with E-state index >= 15 is 0 Å². The molecule has 96 valence electrons. The van der Waals surface area contributed by atoms with Crippen molar-refractivity contribution >= 4 is 17.0 Å². The number of hydrogen-bond acceptors (Lipinski definition) is 5. The van der Waals surface area contributed by atoms with Gasteiger partial charge in [0.25, 0.3) is 0 Å². The first kappa shape index (κ1) is 11.2. The number of nitrogens with zero attached hydrogens (tertiary/aromatic N) is 5. The van der Waals surface area contributed by atoms with Crippen LogP contribution in [0.3, 0.4) is 0 Å². The minimum Gasteiger partial charge on any atom is -0.382 e. The largest absolute Gasteiger partial charge is 0.382 e. The summed E-state index contributed by atoms with van der Waals surface area (Å²) in [5.41, 5.74) is 6.59. The fourth-order valence-electron chi connectivity index (χ4n) is 2.30. The number of aromatic nitrogens is 5. The first-order chi connectivity index (χ1) is 8.57. The van der Waals surface area contributed by atoms with Crippen molar-refractivity contribution in [1.29, 1.82) is 0 Å². The van der Waals surface area contributed by atoms with Crippen molar-refractivity contribution in [1.82, 2.24) is 25.0 Å². The summed E-state index contributed by atoms with van der Waals surface area (Å²) in [6, 6.07) is -0.0936. The molecule has 8 heteroatoms. The Labute approximate surface area is 101 Å². The molecule has 2 N–H and O–H groups in total. The van der Waals surface area contributed by atoms with Gasteiger partial charge in [0, 0.05) is 12.8 Å². The maximum Gasteiger partial charge on any atom is 0.248 e. The van der Waals surface area contributed by atoms with Gasteiger partial charge in [-0.3, -0.25) is 0 Å². The minimum atomic E-state index is -2.55. The molecule has 0 aromatic carbocycles. The van der Waals surface area contributed by atoms with Crippen molar-refractivity contribution in [3.63, 3.8) is 0 Å². The third-order valence-electron chi connectivity index (χ3n) is 3.32. The van der Waals surface area contributed by atoms with Crippen LogP contribution in [0.25, 0.3) is 11.2 Å². The van der Waals surface area contributed by atoms with Gasteiger partial charge in [0.05, 0.1) is 6.04 Å². The summed E-state index contributed by atoms with van der Waals surface area (Å²) < 4.78 is 27.8. The van der Waals surface area contributed by atoms with Crippen LogP contribution in [-0.2, 0) is 0 Å². The minimum absolute atomic E-state index is 0.0936. The molecule has 1 saturated carbocycles. The predicted octanol–water partition coefficient (Wildman–Crippen LogP) is 1.55. The van der Waals surface area contributed by atoms with Crippen LogP contribution in [0.15, 0.2) is 6.33 Å². The molecule has 0 bridgehead atoms. The Morgan fingerprint density at radius 2 is 2.00 bits per heavy atom. The van der Waals surface area contributed by atoms with E-state index in [1.54, 1.807) is 4.68 Å². The van der Waals surface area contributed by atoms with Crippen molar-refractivity contribution in [3.05, 3.63) is 6.33 Å². The molecule has 0 spiro atoms. The van der Waals surface area contributed by atoms with E-state index in [0.29, 0.717) is 24.0 Å². The van der Waals surface area contributed by atoms with Crippen molar-refractivity contribution in [2.45, 2.75) is 37.6 Å². The van der Waals surface area contributed by atoms with Crippen molar-refractivity contribution in [3.8, 4) is 0 Å². The summed E-state index contributed by atoms with van der Waals surface area (Å²) in [6.07, 6.45) is 1.82. The molecule has 0 atom stereocenters. The van der Waals surface area contributed by atoms with Gasteiger partial charge in [0.15, 0.2) is 17.0 Å². The summed E-state index contributed by atoms with van der Waals surface area (Å²) >= 11 is 0. The summed E-state index contributed by atoms with van der Waals surface area (Å²) in [4.78, 5) is 7.89. The molecule has 18 heavy (non-hydrogen) atoms. The molecule has 0 saturated heterocycles. The molecule has 1 aliphatic carbocycles. The Morgan fingerprint density at radius 1 is 1.28 bits per heavy atom. The van der Waals surface area contributed by atoms with Crippen LogP contribution in [0.5, 0.6) is 0 Å². The van der Waals surface area contributed by atoms with Gasteiger partial charge in [-0.1, -0.05) is 5.21 Å². The van der Waals surface area contributed by atoms with Gasteiger partial charge in [-0.05, 0) is 12.8 Å². The molecule has 6 nitrogen and oxygen atoms in total. The monoisotopic (exact) mass is 254 g/mol. The fourth-order valence-corrected chi connectivity index (χ4v) is 2.30. The molecule has 2 heterocycles. The number of anilines is 1. The fraction of sp³-hybridized carbons (Fsp3) is 0.600. The van der Waals surface area contributed by atoms with E-state index in [4.69, 9.17) is 5.73 Å². The smallest absolute Gasteiger partial charge is 0.248 e. The number of fused-ring (bicyclic) bond motifs is 1. The van der Waals surface area contributed by atoms with E-state index in [1.165, 1.54) is 6.33 Å². The lowest BCUT2D eigenvalue weighted by Crippen LogP contribution is -2.27. The van der Waals surface area contributed by atoms with Gasteiger partial charge < -0.3 is 5.73 Å². The Bertz CT molecular complexity index is 571. The molecular formula is C10H12F2N6. The topological polar surface area (TPSA) is 82.5 Å². The molecule has 1 fully saturated rings. The zero-order chi connectivity index (χ0) is 12.8. The lowest BCUT2D eigenvalue weighted by Gasteiger charge is -2.27. The normalized spacial score (nSPS) is 20.3. The van der Waals surface area contributed by atoms with Crippen LogP contribution in [0.2, 0.25) is 0 Å². The standard InChI is InChI=1S/C10H12F2N6/c11-10(12)3-1-6(2-4-10)18-9-7(16-17-18)8(13)14-5-15-9/h5-6H,1-4H2,(H2,13,14,15). The van der Waals surface area contributed by atoms with Crippen LogP contribution in [0, 0.1) is 0 Å². The van der Waals surface area contributed by atoms with Gasteiger partial charge in [-0.15, -0.1) is 5.10 Å². The second-order valence-electron chi connectivity index (χ2n) is 4.55. The lowest BCUT2D eigenvalue weighted by atomic mass is 9.92. The van der Waals surface area contributed by atoms with Crippen LogP contribution in [0.4, 0.5) is 14.6 Å². The molecule has 0 aliphatic heterocycles. The summed E-state index contributed by atoms with van der Waals surface area (Å²) in [5.74, 6) is -2.30. The zero-order valence-corrected chi connectivity index (χ0v) is 9.55.